The van der Waals surface area contributed by atoms with Gasteiger partial charge in [-0.05, 0) is 30.5 Å². The lowest BCUT2D eigenvalue weighted by Crippen LogP contribution is -1.98. The van der Waals surface area contributed by atoms with Gasteiger partial charge >= 0.3 is 0 Å². The average Bonchev–Trinajstić information content (AvgIpc) is 2.51. The number of hydrogen-bond donors (Lipinski definition) is 0. The second kappa shape index (κ2) is 6.73. The minimum atomic E-state index is 0. The summed E-state index contributed by atoms with van der Waals surface area (Å²) in [7, 11) is 0. The quantitative estimate of drug-likeness (QED) is 0.614. The molecule has 1 heterocycles. The number of pyridine rings is 1. The molecule has 0 aliphatic rings. The Kier molecular flexibility index (Phi) is 4.98. The molecule has 0 spiro atoms. The Morgan fingerprint density at radius 1 is 0.905 bits per heavy atom. The number of aryl methyl sites for hydroxylation is 1. The highest BCUT2D eigenvalue weighted by Crippen LogP contribution is 2.30. The van der Waals surface area contributed by atoms with Crippen LogP contribution in [-0.4, -0.2) is 4.98 Å². The molecule has 1 aromatic heterocycles. The van der Waals surface area contributed by atoms with Crippen molar-refractivity contribution in [3.8, 4) is 11.3 Å². The van der Waals surface area contributed by atoms with Gasteiger partial charge in [0.25, 0.3) is 0 Å². The topological polar surface area (TPSA) is 12.9 Å². The molecule has 21 heavy (non-hydrogen) atoms. The summed E-state index contributed by atoms with van der Waals surface area (Å²) < 4.78 is 0. The van der Waals surface area contributed by atoms with E-state index in [0.29, 0.717) is 0 Å². The van der Waals surface area contributed by atoms with Crippen LogP contribution in [0.4, 0.5) is 0 Å². The maximum absolute atomic E-state index is 4.92. The highest BCUT2D eigenvalue weighted by molar-refractivity contribution is 5.87. The predicted molar refractivity (Wildman–Crippen MR) is 93.2 cm³/mol. The summed E-state index contributed by atoms with van der Waals surface area (Å²) >= 11 is 0. The van der Waals surface area contributed by atoms with Gasteiger partial charge in [0.05, 0.1) is 11.2 Å². The minimum absolute atomic E-state index is 0. The van der Waals surface area contributed by atoms with Crippen LogP contribution in [0.5, 0.6) is 0 Å². The molecule has 0 radical (unpaired) electrons. The SMILES string of the molecule is CCCc1c(-c2ccccc2)nc2ccccc2c1C.Cl. The van der Waals surface area contributed by atoms with Crippen molar-refractivity contribution in [2.24, 2.45) is 0 Å². The highest BCUT2D eigenvalue weighted by Gasteiger charge is 2.12. The molecular formula is C19H20ClN. The van der Waals surface area contributed by atoms with Crippen LogP contribution in [0.3, 0.4) is 0 Å². The number of aromatic nitrogens is 1. The molecule has 1 nitrogen and oxygen atoms in total. The molecule has 0 fully saturated rings. The largest absolute Gasteiger partial charge is 0.247 e. The molecule has 0 atom stereocenters. The molecule has 0 amide bonds. The van der Waals surface area contributed by atoms with Gasteiger partial charge in [-0.3, -0.25) is 0 Å². The van der Waals surface area contributed by atoms with Gasteiger partial charge in [-0.1, -0.05) is 61.9 Å². The lowest BCUT2D eigenvalue weighted by atomic mass is 9.95. The summed E-state index contributed by atoms with van der Waals surface area (Å²) in [6.45, 7) is 4.45. The van der Waals surface area contributed by atoms with Crippen LogP contribution in [0.15, 0.2) is 54.6 Å². The van der Waals surface area contributed by atoms with Crippen LogP contribution in [0.25, 0.3) is 22.2 Å². The van der Waals surface area contributed by atoms with E-state index < -0.39 is 0 Å². The van der Waals surface area contributed by atoms with Gasteiger partial charge in [-0.2, -0.15) is 0 Å². The van der Waals surface area contributed by atoms with Crippen molar-refractivity contribution < 1.29 is 0 Å². The first-order valence-corrected chi connectivity index (χ1v) is 7.25. The fourth-order valence-corrected chi connectivity index (χ4v) is 2.81. The number of para-hydroxylation sites is 1. The van der Waals surface area contributed by atoms with Crippen molar-refractivity contribution in [1.82, 2.24) is 4.98 Å². The van der Waals surface area contributed by atoms with Gasteiger partial charge in [0.2, 0.25) is 0 Å². The lowest BCUT2D eigenvalue weighted by Gasteiger charge is -2.14. The number of halogens is 1. The molecule has 0 aliphatic carbocycles. The van der Waals surface area contributed by atoms with Crippen LogP contribution in [0.2, 0.25) is 0 Å². The fraction of sp³-hybridized carbons (Fsp3) is 0.211. The summed E-state index contributed by atoms with van der Waals surface area (Å²) in [6.07, 6.45) is 2.22. The number of hydrogen-bond acceptors (Lipinski definition) is 1. The maximum atomic E-state index is 4.92. The van der Waals surface area contributed by atoms with Gasteiger partial charge in [-0.15, -0.1) is 12.4 Å². The first-order valence-electron chi connectivity index (χ1n) is 7.25. The smallest absolute Gasteiger partial charge is 0.0744 e. The molecule has 2 heteroatoms. The van der Waals surface area contributed by atoms with Crippen molar-refractivity contribution in [2.45, 2.75) is 26.7 Å². The van der Waals surface area contributed by atoms with E-state index in [1.807, 2.05) is 0 Å². The zero-order chi connectivity index (χ0) is 13.9. The molecular weight excluding hydrogens is 278 g/mol. The molecule has 0 saturated heterocycles. The highest BCUT2D eigenvalue weighted by atomic mass is 35.5. The third-order valence-electron chi connectivity index (χ3n) is 3.83. The molecule has 0 saturated carbocycles. The van der Waals surface area contributed by atoms with Crippen LogP contribution in [-0.2, 0) is 6.42 Å². The Morgan fingerprint density at radius 3 is 2.29 bits per heavy atom. The van der Waals surface area contributed by atoms with Crippen molar-refractivity contribution in [1.29, 1.82) is 0 Å². The zero-order valence-corrected chi connectivity index (χ0v) is 13.3. The molecule has 0 unspecified atom stereocenters. The summed E-state index contributed by atoms with van der Waals surface area (Å²) in [5.74, 6) is 0. The summed E-state index contributed by atoms with van der Waals surface area (Å²) in [5.41, 5.74) is 6.20. The first-order chi connectivity index (χ1) is 9.81. The van der Waals surface area contributed by atoms with E-state index in [0.717, 1.165) is 24.1 Å². The van der Waals surface area contributed by atoms with E-state index in [4.69, 9.17) is 4.98 Å². The van der Waals surface area contributed by atoms with E-state index in [1.54, 1.807) is 0 Å². The third-order valence-corrected chi connectivity index (χ3v) is 3.83. The summed E-state index contributed by atoms with van der Waals surface area (Å²) in [4.78, 5) is 4.92. The van der Waals surface area contributed by atoms with Gasteiger partial charge in [0.1, 0.15) is 0 Å². The first kappa shape index (κ1) is 15.5. The Bertz CT molecular complexity index is 735. The van der Waals surface area contributed by atoms with Crippen LogP contribution in [0, 0.1) is 6.92 Å². The van der Waals surface area contributed by atoms with Crippen LogP contribution < -0.4 is 0 Å². The number of nitrogens with zero attached hydrogens (tertiary/aromatic N) is 1. The van der Waals surface area contributed by atoms with E-state index in [1.165, 1.54) is 22.1 Å². The Morgan fingerprint density at radius 2 is 1.57 bits per heavy atom. The molecule has 0 N–H and O–H groups in total. The van der Waals surface area contributed by atoms with Crippen LogP contribution in [0.1, 0.15) is 24.5 Å². The van der Waals surface area contributed by atoms with Gasteiger partial charge < -0.3 is 0 Å². The average molecular weight is 298 g/mol. The molecule has 108 valence electrons. The van der Waals surface area contributed by atoms with Crippen molar-refractivity contribution >= 4 is 23.3 Å². The molecule has 0 bridgehead atoms. The molecule has 2 aromatic carbocycles. The third kappa shape index (κ3) is 2.93. The Labute approximate surface area is 132 Å². The monoisotopic (exact) mass is 297 g/mol. The molecule has 0 aliphatic heterocycles. The van der Waals surface area contributed by atoms with E-state index in [-0.39, 0.29) is 12.4 Å². The number of fused-ring (bicyclic) bond motifs is 1. The van der Waals surface area contributed by atoms with Gasteiger partial charge in [0.15, 0.2) is 0 Å². The van der Waals surface area contributed by atoms with Crippen molar-refractivity contribution in [3.05, 3.63) is 65.7 Å². The predicted octanol–water partition coefficient (Wildman–Crippen LogP) is 5.58. The van der Waals surface area contributed by atoms with Crippen LogP contribution >= 0.6 is 12.4 Å². The molecule has 3 rings (SSSR count). The van der Waals surface area contributed by atoms with Gasteiger partial charge in [-0.25, -0.2) is 4.98 Å². The molecule has 3 aromatic rings. The lowest BCUT2D eigenvalue weighted by molar-refractivity contribution is 0.911. The van der Waals surface area contributed by atoms with Crippen molar-refractivity contribution in [2.75, 3.05) is 0 Å². The second-order valence-electron chi connectivity index (χ2n) is 5.20. The maximum Gasteiger partial charge on any atom is 0.0744 e. The van der Waals surface area contributed by atoms with E-state index in [9.17, 15) is 0 Å². The zero-order valence-electron chi connectivity index (χ0n) is 12.5. The van der Waals surface area contributed by atoms with E-state index >= 15 is 0 Å². The normalized spacial score (nSPS) is 10.4. The summed E-state index contributed by atoms with van der Waals surface area (Å²) in [5, 5.41) is 1.27. The summed E-state index contributed by atoms with van der Waals surface area (Å²) in [6, 6.07) is 18.9. The Balaban J connectivity index is 0.00000161. The standard InChI is InChI=1S/C19H19N.ClH/c1-3-9-17-14(2)16-12-7-8-13-18(16)20-19(17)15-10-5-4-6-11-15;/h4-8,10-13H,3,9H2,1-2H3;1H. The van der Waals surface area contributed by atoms with Gasteiger partial charge in [0, 0.05) is 10.9 Å². The van der Waals surface area contributed by atoms with Crippen molar-refractivity contribution in [3.63, 3.8) is 0 Å². The fourth-order valence-electron chi connectivity index (χ4n) is 2.81. The minimum Gasteiger partial charge on any atom is -0.247 e. The second-order valence-corrected chi connectivity index (χ2v) is 5.20. The Hall–Kier alpha value is -1.86. The van der Waals surface area contributed by atoms with E-state index in [2.05, 4.69) is 68.4 Å². The number of rotatable bonds is 3. The number of benzene rings is 2.